The molecular weight excluding hydrogens is 288 g/mol. The van der Waals surface area contributed by atoms with Gasteiger partial charge in [0, 0.05) is 37.6 Å². The smallest absolute Gasteiger partial charge is 0.242 e. The lowest BCUT2D eigenvalue weighted by Gasteiger charge is -2.22. The largest absolute Gasteiger partial charge is 0.349 e. The monoisotopic (exact) mass is 314 g/mol. The number of likely N-dealkylation sites (tertiary alicyclic amines) is 1. The molecule has 120 valence electrons. The highest BCUT2D eigenvalue weighted by atomic mass is 32.2. The second-order valence-corrected chi connectivity index (χ2v) is 7.20. The van der Waals surface area contributed by atoms with E-state index in [1.54, 1.807) is 12.3 Å². The van der Waals surface area contributed by atoms with E-state index in [1.807, 2.05) is 11.5 Å². The van der Waals surface area contributed by atoms with E-state index in [0.29, 0.717) is 30.6 Å². The van der Waals surface area contributed by atoms with Crippen LogP contribution in [0.1, 0.15) is 32.4 Å². The van der Waals surface area contributed by atoms with E-state index in [1.165, 1.54) is 0 Å². The topological polar surface area (TPSA) is 80.4 Å². The van der Waals surface area contributed by atoms with Crippen LogP contribution in [0.3, 0.4) is 0 Å². The van der Waals surface area contributed by atoms with Gasteiger partial charge in [-0.1, -0.05) is 6.92 Å². The lowest BCUT2D eigenvalue weighted by atomic mass is 10.2. The summed E-state index contributed by atoms with van der Waals surface area (Å²) in [5.41, 5.74) is 6.49. The summed E-state index contributed by atoms with van der Waals surface area (Å²) >= 11 is 0. The Balaban J connectivity index is 2.06. The SMILES string of the molecule is CCN1CCCC1CNS(=O)(=O)c1cc(CN)n(CC)c1. The molecule has 0 bridgehead atoms. The molecule has 6 nitrogen and oxygen atoms in total. The Hall–Kier alpha value is -0.890. The number of nitrogens with zero attached hydrogens (tertiary/aromatic N) is 2. The highest BCUT2D eigenvalue weighted by molar-refractivity contribution is 7.89. The summed E-state index contributed by atoms with van der Waals surface area (Å²) in [5, 5.41) is 0. The minimum Gasteiger partial charge on any atom is -0.349 e. The predicted octanol–water partition coefficient (Wildman–Crippen LogP) is 0.729. The van der Waals surface area contributed by atoms with Gasteiger partial charge in [0.15, 0.2) is 0 Å². The molecule has 1 aromatic heterocycles. The van der Waals surface area contributed by atoms with Gasteiger partial charge in [-0.25, -0.2) is 13.1 Å². The van der Waals surface area contributed by atoms with Crippen LogP contribution in [0.15, 0.2) is 17.2 Å². The fraction of sp³-hybridized carbons (Fsp3) is 0.714. The zero-order chi connectivity index (χ0) is 15.5. The van der Waals surface area contributed by atoms with Gasteiger partial charge >= 0.3 is 0 Å². The first-order valence-electron chi connectivity index (χ1n) is 7.64. The molecule has 0 aliphatic carbocycles. The van der Waals surface area contributed by atoms with Gasteiger partial charge in [-0.15, -0.1) is 0 Å². The number of aryl methyl sites for hydroxylation is 1. The Morgan fingerprint density at radius 1 is 1.38 bits per heavy atom. The van der Waals surface area contributed by atoms with Gasteiger partial charge in [0.05, 0.1) is 4.90 Å². The number of nitrogens with one attached hydrogen (secondary N) is 1. The maximum atomic E-state index is 12.4. The van der Waals surface area contributed by atoms with Crippen LogP contribution >= 0.6 is 0 Å². The molecule has 0 spiro atoms. The van der Waals surface area contributed by atoms with Crippen LogP contribution in [0.4, 0.5) is 0 Å². The lowest BCUT2D eigenvalue weighted by Crippen LogP contribution is -2.39. The van der Waals surface area contributed by atoms with E-state index in [2.05, 4.69) is 16.5 Å². The Labute approximate surface area is 127 Å². The molecule has 21 heavy (non-hydrogen) atoms. The second-order valence-electron chi connectivity index (χ2n) is 5.43. The molecule has 1 aliphatic heterocycles. The molecule has 2 heterocycles. The molecule has 1 atom stereocenters. The Morgan fingerprint density at radius 2 is 2.14 bits per heavy atom. The van der Waals surface area contributed by atoms with Crippen molar-refractivity contribution in [2.45, 2.75) is 50.7 Å². The van der Waals surface area contributed by atoms with Crippen molar-refractivity contribution in [2.75, 3.05) is 19.6 Å². The van der Waals surface area contributed by atoms with Crippen LogP contribution in [0, 0.1) is 0 Å². The number of sulfonamides is 1. The normalized spacial score (nSPS) is 20.2. The Bertz CT molecular complexity index is 546. The molecule has 1 unspecified atom stereocenters. The van der Waals surface area contributed by atoms with Crippen molar-refractivity contribution in [3.8, 4) is 0 Å². The zero-order valence-corrected chi connectivity index (χ0v) is 13.7. The summed E-state index contributed by atoms with van der Waals surface area (Å²) in [6, 6.07) is 1.98. The van der Waals surface area contributed by atoms with Crippen LogP contribution in [-0.4, -0.2) is 43.6 Å². The number of hydrogen-bond donors (Lipinski definition) is 2. The third-order valence-corrected chi connectivity index (χ3v) is 5.63. The predicted molar refractivity (Wildman–Crippen MR) is 83.5 cm³/mol. The van der Waals surface area contributed by atoms with E-state index in [0.717, 1.165) is 31.6 Å². The summed E-state index contributed by atoms with van der Waals surface area (Å²) in [5.74, 6) is 0. The Morgan fingerprint density at radius 3 is 2.71 bits per heavy atom. The van der Waals surface area contributed by atoms with Crippen LogP contribution in [0.25, 0.3) is 0 Å². The molecule has 1 fully saturated rings. The first-order valence-corrected chi connectivity index (χ1v) is 9.13. The highest BCUT2D eigenvalue weighted by Gasteiger charge is 2.25. The molecule has 1 saturated heterocycles. The average Bonchev–Trinajstić information content (AvgIpc) is 3.11. The maximum Gasteiger partial charge on any atom is 0.242 e. The molecule has 0 radical (unpaired) electrons. The number of likely N-dealkylation sites (N-methyl/N-ethyl adjacent to an activating group) is 1. The van der Waals surface area contributed by atoms with Crippen LogP contribution in [0.5, 0.6) is 0 Å². The van der Waals surface area contributed by atoms with Crippen molar-refractivity contribution >= 4 is 10.0 Å². The van der Waals surface area contributed by atoms with Gasteiger partial charge in [-0.2, -0.15) is 0 Å². The molecule has 0 saturated carbocycles. The summed E-state index contributed by atoms with van der Waals surface area (Å²) in [6.45, 7) is 7.65. The molecule has 0 amide bonds. The van der Waals surface area contributed by atoms with Crippen molar-refractivity contribution in [2.24, 2.45) is 5.73 Å². The van der Waals surface area contributed by atoms with E-state index in [9.17, 15) is 8.42 Å². The number of rotatable bonds is 7. The van der Waals surface area contributed by atoms with Crippen molar-refractivity contribution in [3.63, 3.8) is 0 Å². The number of aromatic nitrogens is 1. The van der Waals surface area contributed by atoms with E-state index >= 15 is 0 Å². The van der Waals surface area contributed by atoms with Gasteiger partial charge in [0.2, 0.25) is 10.0 Å². The van der Waals surface area contributed by atoms with Gasteiger partial charge in [-0.3, -0.25) is 4.90 Å². The summed E-state index contributed by atoms with van der Waals surface area (Å²) in [6.07, 6.45) is 3.86. The van der Waals surface area contributed by atoms with Gasteiger partial charge in [0.25, 0.3) is 0 Å². The molecule has 1 aromatic rings. The molecule has 2 rings (SSSR count). The summed E-state index contributed by atoms with van der Waals surface area (Å²) in [4.78, 5) is 2.64. The molecular formula is C14H26N4O2S. The minimum atomic E-state index is -3.45. The third kappa shape index (κ3) is 3.66. The fourth-order valence-electron chi connectivity index (χ4n) is 2.97. The first-order chi connectivity index (χ1) is 10.0. The Kier molecular flexibility index (Phi) is 5.43. The lowest BCUT2D eigenvalue weighted by molar-refractivity contribution is 0.268. The van der Waals surface area contributed by atoms with E-state index in [-0.39, 0.29) is 0 Å². The summed E-state index contributed by atoms with van der Waals surface area (Å²) in [7, 11) is -3.45. The highest BCUT2D eigenvalue weighted by Crippen LogP contribution is 2.18. The summed E-state index contributed by atoms with van der Waals surface area (Å²) < 4.78 is 29.4. The first kappa shape index (κ1) is 16.5. The van der Waals surface area contributed by atoms with E-state index < -0.39 is 10.0 Å². The van der Waals surface area contributed by atoms with Gasteiger partial charge in [-0.05, 0) is 38.9 Å². The third-order valence-electron chi connectivity index (χ3n) is 4.24. The second kappa shape index (κ2) is 6.91. The van der Waals surface area contributed by atoms with Gasteiger partial charge < -0.3 is 10.3 Å². The molecule has 7 heteroatoms. The van der Waals surface area contributed by atoms with Crippen LogP contribution < -0.4 is 10.5 Å². The quantitative estimate of drug-likeness (QED) is 0.777. The van der Waals surface area contributed by atoms with Crippen LogP contribution in [-0.2, 0) is 23.1 Å². The molecule has 0 aromatic carbocycles. The van der Waals surface area contributed by atoms with Crippen molar-refractivity contribution < 1.29 is 8.42 Å². The van der Waals surface area contributed by atoms with Crippen molar-refractivity contribution in [3.05, 3.63) is 18.0 Å². The average molecular weight is 314 g/mol. The standard InChI is InChI=1S/C14H26N4O2S/c1-3-17-7-5-6-12(17)10-16-21(19,20)14-8-13(9-15)18(4-2)11-14/h8,11-12,16H,3-7,9-10,15H2,1-2H3. The van der Waals surface area contributed by atoms with Crippen LogP contribution in [0.2, 0.25) is 0 Å². The fourth-order valence-corrected chi connectivity index (χ4v) is 4.11. The zero-order valence-electron chi connectivity index (χ0n) is 12.9. The maximum absolute atomic E-state index is 12.4. The van der Waals surface area contributed by atoms with E-state index in [4.69, 9.17) is 5.73 Å². The van der Waals surface area contributed by atoms with Crippen molar-refractivity contribution in [1.82, 2.24) is 14.2 Å². The molecule has 1 aliphatic rings. The molecule has 3 N–H and O–H groups in total. The minimum absolute atomic E-state index is 0.311. The number of nitrogens with two attached hydrogens (primary N) is 1. The van der Waals surface area contributed by atoms with Crippen molar-refractivity contribution in [1.29, 1.82) is 0 Å². The number of hydrogen-bond acceptors (Lipinski definition) is 4. The van der Waals surface area contributed by atoms with Gasteiger partial charge in [0.1, 0.15) is 0 Å².